The van der Waals surface area contributed by atoms with Gasteiger partial charge in [-0.15, -0.1) is 0 Å². The molecule has 4 rings (SSSR count). The molecule has 2 aliphatic rings. The zero-order chi connectivity index (χ0) is 18.6. The van der Waals surface area contributed by atoms with E-state index in [1.165, 1.54) is 29.7 Å². The van der Waals surface area contributed by atoms with Crippen LogP contribution in [0.25, 0.3) is 0 Å². The summed E-state index contributed by atoms with van der Waals surface area (Å²) in [7, 11) is 0. The molecule has 2 fully saturated rings. The minimum atomic E-state index is -0.451. The predicted octanol–water partition coefficient (Wildman–Crippen LogP) is 3.19. The molecule has 140 valence electrons. The average molecular weight is 363 g/mol. The molecule has 1 N–H and O–H groups in total. The highest BCUT2D eigenvalue weighted by Crippen LogP contribution is 2.23. The zero-order valence-corrected chi connectivity index (χ0v) is 15.4. The lowest BCUT2D eigenvalue weighted by Crippen LogP contribution is -2.44. The second kappa shape index (κ2) is 7.92. The van der Waals surface area contributed by atoms with Gasteiger partial charge in [-0.3, -0.25) is 4.79 Å². The average Bonchev–Trinajstić information content (AvgIpc) is 2.97. The van der Waals surface area contributed by atoms with Gasteiger partial charge in [0.25, 0.3) is 5.91 Å². The second-order valence-electron chi connectivity index (χ2n) is 7.37. The summed E-state index contributed by atoms with van der Waals surface area (Å²) in [5.41, 5.74) is 2.93. The molecule has 2 aliphatic heterocycles. The molecule has 0 aromatic heterocycles. The number of nitrogens with zero attached hydrogens (tertiary/aromatic N) is 2. The fourth-order valence-electron chi connectivity index (χ4n) is 3.94. The molecule has 0 radical (unpaired) electrons. The van der Waals surface area contributed by atoms with Crippen LogP contribution in [0.3, 0.4) is 0 Å². The number of likely N-dealkylation sites (tertiary alicyclic amines) is 1. The monoisotopic (exact) mass is 363 g/mol. The number of anilines is 1. The second-order valence-corrected chi connectivity index (χ2v) is 7.37. The lowest BCUT2D eigenvalue weighted by atomic mass is 10.0. The van der Waals surface area contributed by atoms with Crippen molar-refractivity contribution in [2.45, 2.75) is 31.7 Å². The van der Waals surface area contributed by atoms with Crippen molar-refractivity contribution in [3.8, 4) is 0 Å². The van der Waals surface area contributed by atoms with Crippen LogP contribution in [-0.2, 0) is 11.2 Å². The maximum absolute atomic E-state index is 12.9. The van der Waals surface area contributed by atoms with Gasteiger partial charge in [0.1, 0.15) is 6.04 Å². The third-order valence-corrected chi connectivity index (χ3v) is 5.33. The quantitative estimate of drug-likeness (QED) is 0.830. The number of rotatable bonds is 5. The standard InChI is InChI=1S/C22H25N3O2/c26-21-20(16-24-12-5-2-6-13-24)23-22(27)25(21)19-11-7-10-18(15-19)14-17-8-3-1-4-9-17/h1,3-4,7-11,15,20H,2,5-6,12-14,16H2,(H,23,27). The van der Waals surface area contributed by atoms with Gasteiger partial charge in [-0.05, 0) is 55.6 Å². The van der Waals surface area contributed by atoms with Crippen LogP contribution >= 0.6 is 0 Å². The fourth-order valence-corrected chi connectivity index (χ4v) is 3.94. The van der Waals surface area contributed by atoms with Gasteiger partial charge in [0.2, 0.25) is 0 Å². The first-order valence-corrected chi connectivity index (χ1v) is 9.70. The molecule has 0 saturated carbocycles. The van der Waals surface area contributed by atoms with Crippen molar-refractivity contribution in [1.82, 2.24) is 10.2 Å². The highest BCUT2D eigenvalue weighted by Gasteiger charge is 2.39. The SMILES string of the molecule is O=C1NC(CN2CCCCC2)C(=O)N1c1cccc(Cc2ccccc2)c1. The molecule has 2 aromatic rings. The van der Waals surface area contributed by atoms with E-state index >= 15 is 0 Å². The summed E-state index contributed by atoms with van der Waals surface area (Å²) in [6, 6.07) is 17.1. The van der Waals surface area contributed by atoms with E-state index in [-0.39, 0.29) is 11.9 Å². The Bertz CT molecular complexity index is 815. The summed E-state index contributed by atoms with van der Waals surface area (Å²) in [6.07, 6.45) is 4.36. The highest BCUT2D eigenvalue weighted by molar-refractivity contribution is 6.21. The Morgan fingerprint density at radius 1 is 0.889 bits per heavy atom. The van der Waals surface area contributed by atoms with E-state index in [9.17, 15) is 9.59 Å². The Kier molecular flexibility index (Phi) is 5.21. The van der Waals surface area contributed by atoms with Crippen molar-refractivity contribution in [3.05, 3.63) is 65.7 Å². The summed E-state index contributed by atoms with van der Waals surface area (Å²) in [6.45, 7) is 2.61. The highest BCUT2D eigenvalue weighted by atomic mass is 16.2. The Morgan fingerprint density at radius 3 is 2.41 bits per heavy atom. The summed E-state index contributed by atoms with van der Waals surface area (Å²) in [5, 5.41) is 2.86. The van der Waals surface area contributed by atoms with Crippen LogP contribution in [0, 0.1) is 0 Å². The van der Waals surface area contributed by atoms with Gasteiger partial charge in [-0.2, -0.15) is 0 Å². The molecule has 2 aromatic carbocycles. The number of benzene rings is 2. The van der Waals surface area contributed by atoms with E-state index in [4.69, 9.17) is 0 Å². The molecular formula is C22H25N3O2. The number of hydrogen-bond acceptors (Lipinski definition) is 3. The molecule has 2 saturated heterocycles. The largest absolute Gasteiger partial charge is 0.329 e. The molecule has 27 heavy (non-hydrogen) atoms. The molecule has 2 heterocycles. The van der Waals surface area contributed by atoms with Gasteiger partial charge in [0.15, 0.2) is 0 Å². The number of hydrogen-bond donors (Lipinski definition) is 1. The third-order valence-electron chi connectivity index (χ3n) is 5.33. The van der Waals surface area contributed by atoms with Crippen LogP contribution in [0.1, 0.15) is 30.4 Å². The summed E-state index contributed by atoms with van der Waals surface area (Å²) in [5.74, 6) is -0.151. The number of carbonyl (C=O) groups is 2. The molecule has 0 aliphatic carbocycles. The van der Waals surface area contributed by atoms with Crippen molar-refractivity contribution in [2.24, 2.45) is 0 Å². The maximum Gasteiger partial charge on any atom is 0.329 e. The lowest BCUT2D eigenvalue weighted by molar-refractivity contribution is -0.118. The van der Waals surface area contributed by atoms with Crippen LogP contribution in [0.15, 0.2) is 54.6 Å². The van der Waals surface area contributed by atoms with Crippen LogP contribution in [0.2, 0.25) is 0 Å². The van der Waals surface area contributed by atoms with E-state index in [2.05, 4.69) is 22.3 Å². The lowest BCUT2D eigenvalue weighted by Gasteiger charge is -2.28. The minimum absolute atomic E-state index is 0.151. The smallest absolute Gasteiger partial charge is 0.324 e. The molecule has 5 heteroatoms. The first-order chi connectivity index (χ1) is 13.2. The third kappa shape index (κ3) is 4.03. The minimum Gasteiger partial charge on any atom is -0.324 e. The van der Waals surface area contributed by atoms with E-state index in [0.717, 1.165) is 25.1 Å². The van der Waals surface area contributed by atoms with E-state index in [1.807, 2.05) is 42.5 Å². The number of nitrogens with one attached hydrogen (secondary N) is 1. The summed E-state index contributed by atoms with van der Waals surface area (Å²) >= 11 is 0. The molecule has 1 unspecified atom stereocenters. The van der Waals surface area contributed by atoms with Gasteiger partial charge in [-0.1, -0.05) is 48.9 Å². The first kappa shape index (κ1) is 17.7. The normalized spacial score (nSPS) is 20.7. The van der Waals surface area contributed by atoms with Crippen molar-refractivity contribution in [3.63, 3.8) is 0 Å². The van der Waals surface area contributed by atoms with Crippen LogP contribution in [-0.4, -0.2) is 42.5 Å². The number of piperidine rings is 1. The predicted molar refractivity (Wildman–Crippen MR) is 106 cm³/mol. The molecule has 0 spiro atoms. The van der Waals surface area contributed by atoms with Crippen LogP contribution in [0.5, 0.6) is 0 Å². The molecular weight excluding hydrogens is 338 g/mol. The topological polar surface area (TPSA) is 52.7 Å². The molecule has 1 atom stereocenters. The Labute approximate surface area is 160 Å². The Morgan fingerprint density at radius 2 is 1.63 bits per heavy atom. The van der Waals surface area contributed by atoms with Crippen molar-refractivity contribution in [2.75, 3.05) is 24.5 Å². The van der Waals surface area contributed by atoms with E-state index < -0.39 is 6.04 Å². The van der Waals surface area contributed by atoms with Crippen LogP contribution < -0.4 is 10.2 Å². The zero-order valence-electron chi connectivity index (χ0n) is 15.4. The fraction of sp³-hybridized carbons (Fsp3) is 0.364. The van der Waals surface area contributed by atoms with E-state index in [0.29, 0.717) is 12.2 Å². The summed E-state index contributed by atoms with van der Waals surface area (Å²) in [4.78, 5) is 28.9. The molecule has 5 nitrogen and oxygen atoms in total. The number of amides is 3. The summed E-state index contributed by atoms with van der Waals surface area (Å²) < 4.78 is 0. The number of imide groups is 1. The molecule has 0 bridgehead atoms. The van der Waals surface area contributed by atoms with Gasteiger partial charge in [0.05, 0.1) is 5.69 Å². The van der Waals surface area contributed by atoms with Crippen LogP contribution in [0.4, 0.5) is 10.5 Å². The first-order valence-electron chi connectivity index (χ1n) is 9.70. The van der Waals surface area contributed by atoms with Crippen molar-refractivity contribution in [1.29, 1.82) is 0 Å². The van der Waals surface area contributed by atoms with Gasteiger partial charge < -0.3 is 10.2 Å². The van der Waals surface area contributed by atoms with E-state index in [1.54, 1.807) is 0 Å². The maximum atomic E-state index is 12.9. The number of carbonyl (C=O) groups excluding carboxylic acids is 2. The Hall–Kier alpha value is -2.66. The van der Waals surface area contributed by atoms with Gasteiger partial charge in [0, 0.05) is 6.54 Å². The van der Waals surface area contributed by atoms with Gasteiger partial charge >= 0.3 is 6.03 Å². The van der Waals surface area contributed by atoms with Crippen molar-refractivity contribution < 1.29 is 9.59 Å². The van der Waals surface area contributed by atoms with Gasteiger partial charge in [-0.25, -0.2) is 9.69 Å². The number of urea groups is 1. The molecule has 3 amide bonds. The Balaban J connectivity index is 1.48. The van der Waals surface area contributed by atoms with Crippen molar-refractivity contribution >= 4 is 17.6 Å².